The van der Waals surface area contributed by atoms with Crippen LogP contribution in [0.1, 0.15) is 18.9 Å². The first-order valence-electron chi connectivity index (χ1n) is 5.52. The fourth-order valence-electron chi connectivity index (χ4n) is 1.56. The van der Waals surface area contributed by atoms with Crippen molar-refractivity contribution in [3.63, 3.8) is 0 Å². The Morgan fingerprint density at radius 2 is 2.00 bits per heavy atom. The van der Waals surface area contributed by atoms with Crippen molar-refractivity contribution >= 4 is 28.9 Å². The maximum absolute atomic E-state index is 5.66. The zero-order valence-corrected chi connectivity index (χ0v) is 11.4. The quantitative estimate of drug-likeness (QED) is 0.781. The van der Waals surface area contributed by atoms with E-state index in [2.05, 4.69) is 25.6 Å². The van der Waals surface area contributed by atoms with Gasteiger partial charge in [0.2, 0.25) is 5.95 Å². The van der Waals surface area contributed by atoms with Gasteiger partial charge in [-0.2, -0.15) is 9.97 Å². The van der Waals surface area contributed by atoms with Gasteiger partial charge >= 0.3 is 0 Å². The normalized spacial score (nSPS) is 11.3. The van der Waals surface area contributed by atoms with Crippen molar-refractivity contribution in [2.45, 2.75) is 19.4 Å². The summed E-state index contributed by atoms with van der Waals surface area (Å²) in [5, 5.41) is 9.20. The molecule has 0 radical (unpaired) electrons. The molecule has 7 heteroatoms. The fraction of sp³-hybridized carbons (Fsp3) is 0.364. The van der Waals surface area contributed by atoms with Gasteiger partial charge in [0.05, 0.1) is 5.54 Å². The number of hydrogen-bond donors (Lipinski definition) is 3. The Morgan fingerprint density at radius 3 is 2.61 bits per heavy atom. The van der Waals surface area contributed by atoms with E-state index in [4.69, 9.17) is 5.73 Å². The van der Waals surface area contributed by atoms with Crippen LogP contribution in [0.15, 0.2) is 17.6 Å². The van der Waals surface area contributed by atoms with E-state index in [-0.39, 0.29) is 11.5 Å². The molecule has 6 nitrogen and oxygen atoms in total. The van der Waals surface area contributed by atoms with Crippen molar-refractivity contribution < 1.29 is 0 Å². The van der Waals surface area contributed by atoms with Crippen LogP contribution in [0.3, 0.4) is 0 Å². The van der Waals surface area contributed by atoms with Gasteiger partial charge in [-0.15, -0.1) is 11.3 Å². The van der Waals surface area contributed by atoms with Gasteiger partial charge in [0.15, 0.2) is 0 Å². The van der Waals surface area contributed by atoms with E-state index < -0.39 is 0 Å². The first-order valence-corrected chi connectivity index (χ1v) is 6.40. The molecule has 2 heterocycles. The van der Waals surface area contributed by atoms with Crippen molar-refractivity contribution in [2.75, 3.05) is 23.4 Å². The summed E-state index contributed by atoms with van der Waals surface area (Å²) in [7, 11) is 1.79. The highest BCUT2D eigenvalue weighted by Gasteiger charge is 2.23. The smallest absolute Gasteiger partial charge is 0.223 e. The lowest BCUT2D eigenvalue weighted by atomic mass is 10.1. The molecule has 0 saturated carbocycles. The first kappa shape index (κ1) is 12.6. The average Bonchev–Trinajstić information content (AvgIpc) is 2.81. The third-order valence-corrected chi connectivity index (χ3v) is 3.50. The van der Waals surface area contributed by atoms with Crippen molar-refractivity contribution in [3.05, 3.63) is 22.7 Å². The monoisotopic (exact) mass is 264 g/mol. The molecule has 96 valence electrons. The van der Waals surface area contributed by atoms with Gasteiger partial charge in [-0.25, -0.2) is 4.98 Å². The predicted octanol–water partition coefficient (Wildman–Crippen LogP) is 1.90. The van der Waals surface area contributed by atoms with Crippen molar-refractivity contribution in [2.24, 2.45) is 0 Å². The van der Waals surface area contributed by atoms with E-state index >= 15 is 0 Å². The van der Waals surface area contributed by atoms with Gasteiger partial charge in [0.25, 0.3) is 0 Å². The lowest BCUT2D eigenvalue weighted by Gasteiger charge is -2.24. The van der Waals surface area contributed by atoms with Crippen molar-refractivity contribution in [1.82, 2.24) is 15.0 Å². The number of nitrogen functional groups attached to an aromatic ring is 1. The van der Waals surface area contributed by atoms with Crippen LogP contribution in [-0.4, -0.2) is 22.0 Å². The predicted molar refractivity (Wildman–Crippen MR) is 74.8 cm³/mol. The molecular weight excluding hydrogens is 248 g/mol. The van der Waals surface area contributed by atoms with E-state index in [9.17, 15) is 0 Å². The topological polar surface area (TPSA) is 88.8 Å². The molecule has 0 atom stereocenters. The second kappa shape index (κ2) is 4.77. The zero-order chi connectivity index (χ0) is 13.2. The Labute approximate surface area is 110 Å². The highest BCUT2D eigenvalue weighted by molar-refractivity contribution is 7.09. The maximum Gasteiger partial charge on any atom is 0.223 e. The molecular formula is C11H16N6S. The molecule has 0 aromatic carbocycles. The van der Waals surface area contributed by atoms with Gasteiger partial charge in [-0.05, 0) is 13.8 Å². The molecule has 0 aliphatic rings. The van der Waals surface area contributed by atoms with Gasteiger partial charge in [0.1, 0.15) is 16.6 Å². The summed E-state index contributed by atoms with van der Waals surface area (Å²) in [6.45, 7) is 4.09. The summed E-state index contributed by atoms with van der Waals surface area (Å²) >= 11 is 1.60. The molecule has 2 rings (SSSR count). The highest BCUT2D eigenvalue weighted by Crippen LogP contribution is 2.27. The molecule has 0 saturated heterocycles. The Morgan fingerprint density at radius 1 is 1.28 bits per heavy atom. The molecule has 0 aliphatic carbocycles. The van der Waals surface area contributed by atoms with E-state index in [1.807, 2.05) is 25.3 Å². The molecule has 0 bridgehead atoms. The van der Waals surface area contributed by atoms with Crippen LogP contribution < -0.4 is 16.4 Å². The fourth-order valence-corrected chi connectivity index (χ4v) is 2.28. The minimum atomic E-state index is -0.306. The molecule has 2 aromatic heterocycles. The summed E-state index contributed by atoms with van der Waals surface area (Å²) < 4.78 is 0. The third kappa shape index (κ3) is 2.67. The van der Waals surface area contributed by atoms with Crippen LogP contribution in [0.4, 0.5) is 17.6 Å². The maximum atomic E-state index is 5.66. The molecule has 0 fully saturated rings. The second-order valence-corrected chi connectivity index (χ2v) is 5.23. The SMILES string of the molecule is CNc1cc(NC(C)(C)c2nccs2)nc(N)n1. The largest absolute Gasteiger partial charge is 0.373 e. The Balaban J connectivity index is 2.26. The van der Waals surface area contributed by atoms with Crippen LogP contribution in [-0.2, 0) is 5.54 Å². The van der Waals surface area contributed by atoms with Crippen molar-refractivity contribution in [3.8, 4) is 0 Å². The Hall–Kier alpha value is -1.89. The highest BCUT2D eigenvalue weighted by atomic mass is 32.1. The zero-order valence-electron chi connectivity index (χ0n) is 10.6. The molecule has 0 amide bonds. The lowest BCUT2D eigenvalue weighted by molar-refractivity contribution is 0.601. The van der Waals surface area contributed by atoms with Gasteiger partial charge in [0, 0.05) is 24.7 Å². The minimum Gasteiger partial charge on any atom is -0.373 e. The van der Waals surface area contributed by atoms with E-state index in [0.29, 0.717) is 11.6 Å². The molecule has 18 heavy (non-hydrogen) atoms. The Kier molecular flexibility index (Phi) is 3.33. The van der Waals surface area contributed by atoms with Crippen LogP contribution in [0.25, 0.3) is 0 Å². The van der Waals surface area contributed by atoms with Crippen LogP contribution in [0.5, 0.6) is 0 Å². The summed E-state index contributed by atoms with van der Waals surface area (Å²) in [6, 6.07) is 1.81. The molecule has 4 N–H and O–H groups in total. The summed E-state index contributed by atoms with van der Waals surface area (Å²) in [5.74, 6) is 1.59. The first-order chi connectivity index (χ1) is 8.51. The Bertz CT molecular complexity index is 522. The number of nitrogens with one attached hydrogen (secondary N) is 2. The number of nitrogens with zero attached hydrogens (tertiary/aromatic N) is 3. The van der Waals surface area contributed by atoms with Gasteiger partial charge in [-0.1, -0.05) is 0 Å². The molecule has 2 aromatic rings. The summed E-state index contributed by atoms with van der Waals surface area (Å²) in [5.41, 5.74) is 5.35. The molecule has 0 spiro atoms. The van der Waals surface area contributed by atoms with Crippen LogP contribution >= 0.6 is 11.3 Å². The van der Waals surface area contributed by atoms with E-state index in [1.165, 1.54) is 0 Å². The minimum absolute atomic E-state index is 0.235. The van der Waals surface area contributed by atoms with Crippen LogP contribution in [0, 0.1) is 0 Å². The van der Waals surface area contributed by atoms with Crippen LogP contribution in [0.2, 0.25) is 0 Å². The van der Waals surface area contributed by atoms with Gasteiger partial charge in [-0.3, -0.25) is 0 Å². The third-order valence-electron chi connectivity index (χ3n) is 2.41. The lowest BCUT2D eigenvalue weighted by Crippen LogP contribution is -2.28. The number of rotatable bonds is 4. The number of hydrogen-bond acceptors (Lipinski definition) is 7. The number of thiazole rings is 1. The average molecular weight is 264 g/mol. The van der Waals surface area contributed by atoms with E-state index in [0.717, 1.165) is 5.01 Å². The molecule has 0 unspecified atom stereocenters. The summed E-state index contributed by atoms with van der Waals surface area (Å²) in [6.07, 6.45) is 1.79. The number of anilines is 3. The number of aromatic nitrogens is 3. The molecule has 0 aliphatic heterocycles. The summed E-state index contributed by atoms with van der Waals surface area (Å²) in [4.78, 5) is 12.5. The van der Waals surface area contributed by atoms with Crippen molar-refractivity contribution in [1.29, 1.82) is 0 Å². The number of nitrogens with two attached hydrogens (primary N) is 1. The standard InChI is InChI=1S/C11H16N6S/c1-11(2,9-14-4-5-18-9)17-8-6-7(13-3)15-10(12)16-8/h4-6H,1-3H3,(H4,12,13,15,16,17). The van der Waals surface area contributed by atoms with Gasteiger partial charge < -0.3 is 16.4 Å². The second-order valence-electron chi connectivity index (χ2n) is 4.33. The van der Waals surface area contributed by atoms with E-state index in [1.54, 1.807) is 24.6 Å².